The Morgan fingerprint density at radius 2 is 2.00 bits per heavy atom. The first-order valence-corrected chi connectivity index (χ1v) is 8.92. The van der Waals surface area contributed by atoms with Gasteiger partial charge in [-0.05, 0) is 23.6 Å². The van der Waals surface area contributed by atoms with E-state index >= 15 is 0 Å². The maximum absolute atomic E-state index is 11.9. The molecule has 3 aromatic heterocycles. The van der Waals surface area contributed by atoms with Gasteiger partial charge in [-0.25, -0.2) is 4.98 Å². The summed E-state index contributed by atoms with van der Waals surface area (Å²) in [5, 5.41) is 9.63. The van der Waals surface area contributed by atoms with Crippen LogP contribution in [0.1, 0.15) is 21.1 Å². The molecular weight excluding hydrogens is 344 g/mol. The molecule has 0 saturated carbocycles. The Labute approximate surface area is 146 Å². The minimum absolute atomic E-state index is 0.137. The van der Waals surface area contributed by atoms with Gasteiger partial charge in [0.1, 0.15) is 0 Å². The van der Waals surface area contributed by atoms with Gasteiger partial charge in [-0.2, -0.15) is 0 Å². The van der Waals surface area contributed by atoms with Crippen LogP contribution in [0.3, 0.4) is 0 Å². The minimum Gasteiger partial charge on any atom is -0.350 e. The number of thiazole rings is 1. The van der Waals surface area contributed by atoms with E-state index in [2.05, 4.69) is 20.6 Å². The van der Waals surface area contributed by atoms with Crippen molar-refractivity contribution in [1.82, 2.24) is 15.3 Å². The number of carbonyl (C=O) groups is 2. The smallest absolute Gasteiger partial charge is 0.267 e. The number of thiophene rings is 1. The summed E-state index contributed by atoms with van der Waals surface area (Å²) in [5.74, 6) is -0.326. The molecular formula is C16H14N4O2S2. The fourth-order valence-corrected chi connectivity index (χ4v) is 3.26. The lowest BCUT2D eigenvalue weighted by molar-refractivity contribution is -0.120. The van der Waals surface area contributed by atoms with E-state index in [0.717, 1.165) is 5.69 Å². The first-order valence-electron chi connectivity index (χ1n) is 7.16. The number of hydrogen-bond acceptors (Lipinski definition) is 6. The molecule has 0 bridgehead atoms. The predicted octanol–water partition coefficient (Wildman–Crippen LogP) is 2.71. The van der Waals surface area contributed by atoms with E-state index in [1.165, 1.54) is 22.7 Å². The number of aromatic nitrogens is 2. The normalized spacial score (nSPS) is 10.3. The van der Waals surface area contributed by atoms with Gasteiger partial charge in [0.25, 0.3) is 5.91 Å². The number of nitrogens with one attached hydrogen (secondary N) is 2. The lowest BCUT2D eigenvalue weighted by Crippen LogP contribution is -2.25. The summed E-state index contributed by atoms with van der Waals surface area (Å²) in [6.45, 7) is 0.381. The van der Waals surface area contributed by atoms with Gasteiger partial charge < -0.3 is 5.32 Å². The van der Waals surface area contributed by atoms with Gasteiger partial charge in [0.15, 0.2) is 5.13 Å². The number of hydrogen-bond donors (Lipinski definition) is 2. The van der Waals surface area contributed by atoms with Crippen LogP contribution in [-0.2, 0) is 17.8 Å². The Hall–Kier alpha value is -2.58. The van der Waals surface area contributed by atoms with Crippen molar-refractivity contribution in [2.75, 3.05) is 5.32 Å². The monoisotopic (exact) mass is 358 g/mol. The SMILES string of the molecule is O=C(Cc1csc(NC(=O)c2cccs2)n1)NCc1ccccn1. The Balaban J connectivity index is 1.50. The third-order valence-corrected chi connectivity index (χ3v) is 4.73. The van der Waals surface area contributed by atoms with E-state index in [-0.39, 0.29) is 18.2 Å². The standard InChI is InChI=1S/C16H14N4O2S2/c21-14(18-9-11-4-1-2-6-17-11)8-12-10-24-16(19-12)20-15(22)13-5-3-7-23-13/h1-7,10H,8-9H2,(H,18,21)(H,19,20,22). The summed E-state index contributed by atoms with van der Waals surface area (Å²) in [4.78, 5) is 32.9. The number of pyridine rings is 1. The maximum atomic E-state index is 11.9. The quantitative estimate of drug-likeness (QED) is 0.710. The highest BCUT2D eigenvalue weighted by atomic mass is 32.1. The fraction of sp³-hybridized carbons (Fsp3) is 0.125. The van der Waals surface area contributed by atoms with Gasteiger partial charge >= 0.3 is 0 Å². The van der Waals surface area contributed by atoms with Crippen LogP contribution in [0, 0.1) is 0 Å². The lowest BCUT2D eigenvalue weighted by atomic mass is 10.3. The van der Waals surface area contributed by atoms with Crippen LogP contribution in [0.5, 0.6) is 0 Å². The Kier molecular flexibility index (Phi) is 5.29. The largest absolute Gasteiger partial charge is 0.350 e. The first-order chi connectivity index (χ1) is 11.7. The summed E-state index contributed by atoms with van der Waals surface area (Å²) in [6, 6.07) is 9.11. The van der Waals surface area contributed by atoms with Crippen LogP contribution < -0.4 is 10.6 Å². The Bertz CT molecular complexity index is 816. The van der Waals surface area contributed by atoms with Gasteiger partial charge in [0.05, 0.1) is 29.2 Å². The van der Waals surface area contributed by atoms with Gasteiger partial charge in [0, 0.05) is 11.6 Å². The molecule has 3 heterocycles. The molecule has 0 aliphatic rings. The first kappa shape index (κ1) is 16.3. The molecule has 0 aliphatic carbocycles. The van der Waals surface area contributed by atoms with Crippen molar-refractivity contribution in [3.05, 3.63) is 63.6 Å². The highest BCUT2D eigenvalue weighted by molar-refractivity contribution is 7.14. The van der Waals surface area contributed by atoms with Crippen molar-refractivity contribution >= 4 is 39.6 Å². The highest BCUT2D eigenvalue weighted by Gasteiger charge is 2.11. The second-order valence-electron chi connectivity index (χ2n) is 4.85. The van der Waals surface area contributed by atoms with Gasteiger partial charge in [-0.1, -0.05) is 12.1 Å². The number of carbonyl (C=O) groups excluding carboxylic acids is 2. The number of nitrogens with zero attached hydrogens (tertiary/aromatic N) is 2. The van der Waals surface area contributed by atoms with E-state index in [1.54, 1.807) is 17.6 Å². The number of anilines is 1. The Morgan fingerprint density at radius 3 is 2.75 bits per heavy atom. The summed E-state index contributed by atoms with van der Waals surface area (Å²) in [6.07, 6.45) is 1.85. The molecule has 0 spiro atoms. The molecule has 0 saturated heterocycles. The molecule has 122 valence electrons. The molecule has 24 heavy (non-hydrogen) atoms. The van der Waals surface area contributed by atoms with E-state index in [9.17, 15) is 9.59 Å². The molecule has 2 amide bonds. The zero-order valence-corrected chi connectivity index (χ0v) is 14.2. The average Bonchev–Trinajstić information content (AvgIpc) is 3.26. The van der Waals surface area contributed by atoms with Crippen LogP contribution >= 0.6 is 22.7 Å². The van der Waals surface area contributed by atoms with Crippen LogP contribution in [-0.4, -0.2) is 21.8 Å². The van der Waals surface area contributed by atoms with Gasteiger partial charge in [0.2, 0.25) is 5.91 Å². The summed E-state index contributed by atoms with van der Waals surface area (Å²) in [7, 11) is 0. The van der Waals surface area contributed by atoms with Crippen molar-refractivity contribution in [2.24, 2.45) is 0 Å². The van der Waals surface area contributed by atoms with E-state index in [0.29, 0.717) is 22.2 Å². The van der Waals surface area contributed by atoms with Crippen molar-refractivity contribution in [1.29, 1.82) is 0 Å². The van der Waals surface area contributed by atoms with E-state index in [4.69, 9.17) is 0 Å². The van der Waals surface area contributed by atoms with Crippen LogP contribution in [0.15, 0.2) is 47.3 Å². The topological polar surface area (TPSA) is 84.0 Å². The molecule has 3 rings (SSSR count). The average molecular weight is 358 g/mol. The fourth-order valence-electron chi connectivity index (χ4n) is 1.93. The van der Waals surface area contributed by atoms with Crippen molar-refractivity contribution in [3.63, 3.8) is 0 Å². The molecule has 0 radical (unpaired) electrons. The van der Waals surface area contributed by atoms with Gasteiger partial charge in [-0.3, -0.25) is 19.9 Å². The molecule has 0 unspecified atom stereocenters. The Morgan fingerprint density at radius 1 is 1.08 bits per heavy atom. The molecule has 3 aromatic rings. The highest BCUT2D eigenvalue weighted by Crippen LogP contribution is 2.18. The van der Waals surface area contributed by atoms with E-state index in [1.807, 2.05) is 29.6 Å². The zero-order chi connectivity index (χ0) is 16.8. The lowest BCUT2D eigenvalue weighted by Gasteiger charge is -2.03. The number of amides is 2. The molecule has 2 N–H and O–H groups in total. The van der Waals surface area contributed by atoms with Crippen molar-refractivity contribution < 1.29 is 9.59 Å². The molecule has 0 atom stereocenters. The third kappa shape index (κ3) is 4.46. The maximum Gasteiger partial charge on any atom is 0.267 e. The van der Waals surface area contributed by atoms with Crippen molar-refractivity contribution in [2.45, 2.75) is 13.0 Å². The molecule has 0 fully saturated rings. The van der Waals surface area contributed by atoms with E-state index < -0.39 is 0 Å². The van der Waals surface area contributed by atoms with Gasteiger partial charge in [-0.15, -0.1) is 22.7 Å². The summed E-state index contributed by atoms with van der Waals surface area (Å²) >= 11 is 2.67. The molecule has 0 aromatic carbocycles. The minimum atomic E-state index is -0.189. The van der Waals surface area contributed by atoms with Crippen molar-refractivity contribution in [3.8, 4) is 0 Å². The van der Waals surface area contributed by atoms with Crippen LogP contribution in [0.4, 0.5) is 5.13 Å². The molecule has 6 nitrogen and oxygen atoms in total. The van der Waals surface area contributed by atoms with Crippen LogP contribution in [0.2, 0.25) is 0 Å². The summed E-state index contributed by atoms with van der Waals surface area (Å²) in [5.41, 5.74) is 1.42. The summed E-state index contributed by atoms with van der Waals surface area (Å²) < 4.78 is 0. The third-order valence-electron chi connectivity index (χ3n) is 3.05. The zero-order valence-electron chi connectivity index (χ0n) is 12.6. The molecule has 0 aliphatic heterocycles. The number of rotatable bonds is 6. The second kappa shape index (κ2) is 7.80. The predicted molar refractivity (Wildman–Crippen MR) is 94.2 cm³/mol. The van der Waals surface area contributed by atoms with Crippen LogP contribution in [0.25, 0.3) is 0 Å². The molecule has 8 heteroatoms. The second-order valence-corrected chi connectivity index (χ2v) is 6.66.